The minimum atomic E-state index is -0.466. The first-order valence-corrected chi connectivity index (χ1v) is 11.8. The molecule has 0 unspecified atom stereocenters. The summed E-state index contributed by atoms with van der Waals surface area (Å²) in [5, 5.41) is 22.0. The number of benzene rings is 3. The van der Waals surface area contributed by atoms with E-state index in [1.807, 2.05) is 60.7 Å². The molecule has 0 saturated carbocycles. The fourth-order valence-electron chi connectivity index (χ4n) is 2.88. The Morgan fingerprint density at radius 3 is 1.29 bits per heavy atom. The van der Waals surface area contributed by atoms with Crippen LogP contribution >= 0.6 is 0 Å². The Morgan fingerprint density at radius 1 is 0.571 bits per heavy atom. The Hall–Kier alpha value is -2.62. The molecular weight excluding hydrogens is 486 g/mol. The molecule has 28 heavy (non-hydrogen) atoms. The summed E-state index contributed by atoms with van der Waals surface area (Å²) >= 11 is -0.678. The summed E-state index contributed by atoms with van der Waals surface area (Å²) in [6, 6.07) is 19.2. The van der Waals surface area contributed by atoms with Gasteiger partial charge in [-0.2, -0.15) is 0 Å². The number of phenolic OH excluding ortho intramolecular Hbond substituents is 2. The molecule has 0 aliphatic heterocycles. The maximum atomic E-state index is 12.4. The monoisotopic (exact) mass is 502 g/mol. The van der Waals surface area contributed by atoms with E-state index in [1.54, 1.807) is 0 Å². The molecule has 0 saturated heterocycles. The fraction of sp³-hybridized carbons (Fsp3) is 0. The zero-order chi connectivity index (χ0) is 19.7. The first-order chi connectivity index (χ1) is 13.6. The predicted molar refractivity (Wildman–Crippen MR) is 111 cm³/mol. The van der Waals surface area contributed by atoms with Crippen LogP contribution in [0.25, 0.3) is 0 Å². The van der Waals surface area contributed by atoms with Crippen molar-refractivity contribution in [2.24, 2.45) is 0 Å². The molecule has 1 aliphatic carbocycles. The number of hydrogen-bond acceptors (Lipinski definition) is 4. The number of phenols is 2. The fourth-order valence-corrected chi connectivity index (χ4v) is 7.64. The van der Waals surface area contributed by atoms with Gasteiger partial charge in [-0.1, -0.05) is 0 Å². The molecule has 3 aromatic carbocycles. The molecule has 2 N–H and O–H groups in total. The van der Waals surface area contributed by atoms with Crippen LogP contribution < -0.4 is 17.8 Å². The summed E-state index contributed by atoms with van der Waals surface area (Å²) in [7, 11) is 0. The quantitative estimate of drug-likeness (QED) is 0.401. The number of rotatable bonds is 4. The van der Waals surface area contributed by atoms with Crippen LogP contribution in [0.1, 0.15) is 20.7 Å². The molecule has 1 aliphatic rings. The van der Waals surface area contributed by atoms with Crippen molar-refractivity contribution in [2.45, 2.75) is 0 Å². The molecule has 6 heteroatoms. The summed E-state index contributed by atoms with van der Waals surface area (Å²) in [4.78, 5) is 24.8. The molecule has 0 aromatic heterocycles. The van der Waals surface area contributed by atoms with Crippen molar-refractivity contribution >= 4 is 59.3 Å². The van der Waals surface area contributed by atoms with Crippen molar-refractivity contribution in [3.8, 4) is 11.5 Å². The average molecular weight is 500 g/mol. The third kappa shape index (κ3) is 3.44. The summed E-state index contributed by atoms with van der Waals surface area (Å²) in [5.74, 6) is -1.31. The molecule has 138 valence electrons. The number of ketones is 2. The van der Waals surface area contributed by atoms with Crippen LogP contribution in [0.5, 0.6) is 11.5 Å². The van der Waals surface area contributed by atoms with E-state index in [-0.39, 0.29) is 52.5 Å². The van der Waals surface area contributed by atoms with E-state index < -0.39 is 11.6 Å². The van der Waals surface area contributed by atoms with Gasteiger partial charge in [-0.25, -0.2) is 0 Å². The number of aromatic hydroxyl groups is 2. The second kappa shape index (κ2) is 7.78. The van der Waals surface area contributed by atoms with Gasteiger partial charge in [-0.3, -0.25) is 0 Å². The Kier molecular flexibility index (Phi) is 5.21. The van der Waals surface area contributed by atoms with E-state index in [0.29, 0.717) is 8.92 Å². The molecule has 0 atom stereocenters. The van der Waals surface area contributed by atoms with Gasteiger partial charge in [0, 0.05) is 0 Å². The Morgan fingerprint density at radius 2 is 0.929 bits per heavy atom. The standard InChI is InChI=1S/C22H14O4Se2/c23-15-11-12-16(24)18-17(15)19(25)21(27-13-7-3-1-4-8-13)22(20(18)26)28-14-9-5-2-6-10-14/h1-12,25-26H. The van der Waals surface area contributed by atoms with Crippen molar-refractivity contribution < 1.29 is 19.8 Å². The van der Waals surface area contributed by atoms with Gasteiger partial charge in [0.2, 0.25) is 0 Å². The van der Waals surface area contributed by atoms with Gasteiger partial charge >= 0.3 is 175 Å². The summed E-state index contributed by atoms with van der Waals surface area (Å²) in [5.41, 5.74) is -0.184. The number of allylic oxidation sites excluding steroid dienone is 2. The molecule has 4 nitrogen and oxygen atoms in total. The molecule has 0 amide bonds. The zero-order valence-corrected chi connectivity index (χ0v) is 17.9. The van der Waals surface area contributed by atoms with E-state index in [2.05, 4.69) is 0 Å². The Bertz CT molecular complexity index is 1020. The van der Waals surface area contributed by atoms with Gasteiger partial charge in [0.15, 0.2) is 0 Å². The number of hydrogen-bond donors (Lipinski definition) is 2. The normalized spacial score (nSPS) is 12.9. The second-order valence-corrected chi connectivity index (χ2v) is 10.5. The van der Waals surface area contributed by atoms with Crippen molar-refractivity contribution in [1.82, 2.24) is 0 Å². The predicted octanol–water partition coefficient (Wildman–Crippen LogP) is 0.343. The molecule has 0 bridgehead atoms. The third-order valence-corrected chi connectivity index (χ3v) is 9.48. The summed E-state index contributed by atoms with van der Waals surface area (Å²) in [6.45, 7) is 0. The van der Waals surface area contributed by atoms with Crippen molar-refractivity contribution in [3.63, 3.8) is 0 Å². The van der Waals surface area contributed by atoms with Gasteiger partial charge in [0.1, 0.15) is 0 Å². The SMILES string of the molecule is O=C1C=CC(=O)c2c(O)c([Se]c3ccccc3)c([Se]c3ccccc3)c(O)c21. The van der Waals surface area contributed by atoms with Gasteiger partial charge < -0.3 is 0 Å². The molecule has 4 rings (SSSR count). The van der Waals surface area contributed by atoms with E-state index in [4.69, 9.17) is 0 Å². The van der Waals surface area contributed by atoms with Crippen LogP contribution in [0.15, 0.2) is 72.8 Å². The number of fused-ring (bicyclic) bond motifs is 1. The van der Waals surface area contributed by atoms with E-state index in [9.17, 15) is 19.8 Å². The van der Waals surface area contributed by atoms with Crippen LogP contribution in [-0.4, -0.2) is 51.7 Å². The maximum absolute atomic E-state index is 12.4. The van der Waals surface area contributed by atoms with E-state index in [1.165, 1.54) is 0 Å². The first kappa shape index (κ1) is 18.7. The number of carbonyl (C=O) groups is 2. The Balaban J connectivity index is 1.94. The zero-order valence-electron chi connectivity index (χ0n) is 14.5. The molecule has 3 aromatic rings. The third-order valence-electron chi connectivity index (χ3n) is 4.17. The average Bonchev–Trinajstić information content (AvgIpc) is 2.72. The van der Waals surface area contributed by atoms with Crippen molar-refractivity contribution in [1.29, 1.82) is 0 Å². The van der Waals surface area contributed by atoms with Crippen LogP contribution in [-0.2, 0) is 0 Å². The molecule has 0 spiro atoms. The van der Waals surface area contributed by atoms with Gasteiger partial charge in [0.25, 0.3) is 0 Å². The van der Waals surface area contributed by atoms with Crippen LogP contribution in [0.3, 0.4) is 0 Å². The molecule has 0 radical (unpaired) electrons. The first-order valence-electron chi connectivity index (χ1n) is 8.40. The van der Waals surface area contributed by atoms with Gasteiger partial charge in [-0.15, -0.1) is 0 Å². The molecular formula is C22H14O4Se2. The second-order valence-electron chi connectivity index (χ2n) is 6.00. The number of carbonyl (C=O) groups excluding carboxylic acids is 2. The van der Waals surface area contributed by atoms with Gasteiger partial charge in [-0.05, 0) is 0 Å². The summed E-state index contributed by atoms with van der Waals surface area (Å²) in [6.07, 6.45) is 2.29. The van der Waals surface area contributed by atoms with Gasteiger partial charge in [0.05, 0.1) is 0 Å². The minimum absolute atomic E-state index is 0.0922. The van der Waals surface area contributed by atoms with Crippen LogP contribution in [0, 0.1) is 0 Å². The topological polar surface area (TPSA) is 74.6 Å². The van der Waals surface area contributed by atoms with Crippen LogP contribution in [0.2, 0.25) is 0 Å². The molecule has 0 fully saturated rings. The molecule has 0 heterocycles. The van der Waals surface area contributed by atoms with Crippen molar-refractivity contribution in [3.05, 3.63) is 83.9 Å². The van der Waals surface area contributed by atoms with E-state index >= 15 is 0 Å². The summed E-state index contributed by atoms with van der Waals surface area (Å²) < 4.78 is 3.10. The van der Waals surface area contributed by atoms with E-state index in [0.717, 1.165) is 21.1 Å². The van der Waals surface area contributed by atoms with Crippen molar-refractivity contribution in [2.75, 3.05) is 0 Å². The van der Waals surface area contributed by atoms with Crippen LogP contribution in [0.4, 0.5) is 0 Å². The Labute approximate surface area is 174 Å².